The van der Waals surface area contributed by atoms with Crippen LogP contribution in [0.4, 0.5) is 8.78 Å². The van der Waals surface area contributed by atoms with E-state index >= 15 is 0 Å². The molecule has 158 valence electrons. The Morgan fingerprint density at radius 1 is 1.13 bits per heavy atom. The maximum atomic E-state index is 13.8. The topological polar surface area (TPSA) is 78.1 Å². The van der Waals surface area contributed by atoms with Crippen LogP contribution in [0.3, 0.4) is 0 Å². The predicted octanol–water partition coefficient (Wildman–Crippen LogP) is 2.79. The van der Waals surface area contributed by atoms with Gasteiger partial charge in [-0.3, -0.25) is 9.36 Å². The first-order valence-electron chi connectivity index (χ1n) is 9.39. The van der Waals surface area contributed by atoms with E-state index in [4.69, 9.17) is 4.74 Å². The largest absolute Gasteiger partial charge is 0.497 e. The maximum Gasteiger partial charge on any atom is 0.335 e. The molecule has 4 rings (SSSR count). The molecule has 4 aromatic rings. The first kappa shape index (κ1) is 20.3. The van der Waals surface area contributed by atoms with Crippen molar-refractivity contribution in [2.75, 3.05) is 7.11 Å². The number of amides is 1. The molecule has 0 aliphatic rings. The number of fused-ring (bicyclic) bond motifs is 1. The lowest BCUT2D eigenvalue weighted by Crippen LogP contribution is -2.32. The summed E-state index contributed by atoms with van der Waals surface area (Å²) in [5, 5.41) is 2.56. The van der Waals surface area contributed by atoms with Gasteiger partial charge in [-0.2, -0.15) is 0 Å². The number of nitrogens with zero attached hydrogens (tertiary/aromatic N) is 3. The number of nitrogens with one attached hydrogen (secondary N) is 1. The molecule has 0 fully saturated rings. The van der Waals surface area contributed by atoms with Gasteiger partial charge in [0.25, 0.3) is 0 Å². The van der Waals surface area contributed by atoms with Crippen LogP contribution in [0.15, 0.2) is 65.6 Å². The van der Waals surface area contributed by atoms with Crippen LogP contribution < -0.4 is 15.7 Å². The second-order valence-corrected chi connectivity index (χ2v) is 6.76. The van der Waals surface area contributed by atoms with Gasteiger partial charge in [-0.25, -0.2) is 23.1 Å². The van der Waals surface area contributed by atoms with E-state index in [9.17, 15) is 18.4 Å². The summed E-state index contributed by atoms with van der Waals surface area (Å²) in [7, 11) is 1.55. The number of pyridine rings is 1. The summed E-state index contributed by atoms with van der Waals surface area (Å²) >= 11 is 0. The average molecular weight is 424 g/mol. The van der Waals surface area contributed by atoms with Gasteiger partial charge in [-0.1, -0.05) is 6.07 Å². The summed E-state index contributed by atoms with van der Waals surface area (Å²) < 4.78 is 34.7. The highest BCUT2D eigenvalue weighted by Gasteiger charge is 2.18. The van der Waals surface area contributed by atoms with E-state index in [2.05, 4.69) is 10.3 Å². The number of methoxy groups -OCH3 is 1. The van der Waals surface area contributed by atoms with Gasteiger partial charge in [0.1, 0.15) is 23.9 Å². The SMILES string of the molecule is COc1ccc(-n2c(=O)n(CC(=O)NCc3ccc(F)cc3F)c3cccnc32)cc1. The van der Waals surface area contributed by atoms with Gasteiger partial charge in [-0.05, 0) is 42.5 Å². The molecule has 9 heteroatoms. The van der Waals surface area contributed by atoms with Crippen molar-refractivity contribution in [2.24, 2.45) is 0 Å². The first-order valence-corrected chi connectivity index (χ1v) is 9.39. The molecule has 0 bridgehead atoms. The highest BCUT2D eigenvalue weighted by atomic mass is 19.1. The third-order valence-electron chi connectivity index (χ3n) is 4.81. The molecule has 1 N–H and O–H groups in total. The Balaban J connectivity index is 1.62. The van der Waals surface area contributed by atoms with E-state index in [0.29, 0.717) is 22.6 Å². The van der Waals surface area contributed by atoms with Crippen molar-refractivity contribution in [3.8, 4) is 11.4 Å². The quantitative estimate of drug-likeness (QED) is 0.516. The van der Waals surface area contributed by atoms with Crippen molar-refractivity contribution in [3.63, 3.8) is 0 Å². The van der Waals surface area contributed by atoms with E-state index in [1.54, 1.807) is 49.7 Å². The van der Waals surface area contributed by atoms with E-state index < -0.39 is 23.2 Å². The Bertz CT molecular complexity index is 1310. The summed E-state index contributed by atoms with van der Waals surface area (Å²) in [6, 6.07) is 13.4. The maximum absolute atomic E-state index is 13.8. The Morgan fingerprint density at radius 3 is 2.61 bits per heavy atom. The van der Waals surface area contributed by atoms with Crippen LogP contribution in [-0.2, 0) is 17.9 Å². The molecule has 2 heterocycles. The second kappa shape index (κ2) is 8.39. The van der Waals surface area contributed by atoms with Crippen LogP contribution in [-0.4, -0.2) is 27.1 Å². The third-order valence-corrected chi connectivity index (χ3v) is 4.81. The van der Waals surface area contributed by atoms with Crippen molar-refractivity contribution in [3.05, 3.63) is 88.5 Å². The van der Waals surface area contributed by atoms with Gasteiger partial charge in [0.15, 0.2) is 5.65 Å². The first-order chi connectivity index (χ1) is 15.0. The van der Waals surface area contributed by atoms with E-state index in [-0.39, 0.29) is 18.7 Å². The van der Waals surface area contributed by atoms with Gasteiger partial charge >= 0.3 is 5.69 Å². The monoisotopic (exact) mass is 424 g/mol. The minimum Gasteiger partial charge on any atom is -0.497 e. The minimum atomic E-state index is -0.752. The van der Waals surface area contributed by atoms with E-state index in [1.165, 1.54) is 15.2 Å². The van der Waals surface area contributed by atoms with Gasteiger partial charge in [0.05, 0.1) is 18.3 Å². The van der Waals surface area contributed by atoms with Gasteiger partial charge in [0.2, 0.25) is 5.91 Å². The molecule has 0 aliphatic carbocycles. The molecular formula is C22H18F2N4O3. The Labute approximate surface area is 175 Å². The highest BCUT2D eigenvalue weighted by Crippen LogP contribution is 2.18. The number of hydrogen-bond acceptors (Lipinski definition) is 4. The number of carbonyl (C=O) groups excluding carboxylic acids is 1. The van der Waals surface area contributed by atoms with Crippen molar-refractivity contribution in [2.45, 2.75) is 13.1 Å². The molecular weight excluding hydrogens is 406 g/mol. The number of hydrogen-bond donors (Lipinski definition) is 1. The summed E-state index contributed by atoms with van der Waals surface area (Å²) in [6.07, 6.45) is 1.56. The summed E-state index contributed by atoms with van der Waals surface area (Å²) in [5.41, 5.74) is 1.15. The number of imidazole rings is 1. The molecule has 1 amide bonds. The normalized spacial score (nSPS) is 10.9. The average Bonchev–Trinajstić information content (AvgIpc) is 3.04. The van der Waals surface area contributed by atoms with Crippen molar-refractivity contribution >= 4 is 17.1 Å². The smallest absolute Gasteiger partial charge is 0.335 e. The van der Waals surface area contributed by atoms with E-state index in [0.717, 1.165) is 12.1 Å². The van der Waals surface area contributed by atoms with Crippen LogP contribution in [0.2, 0.25) is 0 Å². The molecule has 0 spiro atoms. The zero-order chi connectivity index (χ0) is 22.0. The number of aromatic nitrogens is 3. The fourth-order valence-electron chi connectivity index (χ4n) is 3.26. The summed E-state index contributed by atoms with van der Waals surface area (Å²) in [6.45, 7) is -0.415. The zero-order valence-electron chi connectivity index (χ0n) is 16.5. The number of rotatable bonds is 6. The predicted molar refractivity (Wildman–Crippen MR) is 110 cm³/mol. The molecule has 0 saturated heterocycles. The van der Waals surface area contributed by atoms with Gasteiger partial charge in [0, 0.05) is 24.4 Å². The molecule has 31 heavy (non-hydrogen) atoms. The molecule has 0 saturated carbocycles. The van der Waals surface area contributed by atoms with Crippen LogP contribution in [0, 0.1) is 11.6 Å². The lowest BCUT2D eigenvalue weighted by Gasteiger charge is -2.07. The Kier molecular flexibility index (Phi) is 5.48. The number of carbonyl (C=O) groups is 1. The molecule has 7 nitrogen and oxygen atoms in total. The van der Waals surface area contributed by atoms with Crippen LogP contribution in [0.5, 0.6) is 5.75 Å². The lowest BCUT2D eigenvalue weighted by atomic mass is 10.2. The minimum absolute atomic E-state index is 0.130. The molecule has 2 aromatic heterocycles. The zero-order valence-corrected chi connectivity index (χ0v) is 16.5. The highest BCUT2D eigenvalue weighted by molar-refractivity contribution is 5.80. The van der Waals surface area contributed by atoms with Crippen LogP contribution in [0.25, 0.3) is 16.9 Å². The van der Waals surface area contributed by atoms with Crippen LogP contribution in [0.1, 0.15) is 5.56 Å². The molecule has 0 aliphatic heterocycles. The standard InChI is InChI=1S/C22H18F2N4O3/c1-31-17-8-6-16(7-9-17)28-21-19(3-2-10-25-21)27(22(28)30)13-20(29)26-12-14-4-5-15(23)11-18(14)24/h2-11H,12-13H2,1H3,(H,26,29). The molecule has 2 aromatic carbocycles. The second-order valence-electron chi connectivity index (χ2n) is 6.76. The summed E-state index contributed by atoms with van der Waals surface area (Å²) in [4.78, 5) is 29.9. The van der Waals surface area contributed by atoms with Crippen molar-refractivity contribution < 1.29 is 18.3 Å². The number of ether oxygens (including phenoxy) is 1. The van der Waals surface area contributed by atoms with Crippen molar-refractivity contribution in [1.29, 1.82) is 0 Å². The Morgan fingerprint density at radius 2 is 1.90 bits per heavy atom. The van der Waals surface area contributed by atoms with Crippen molar-refractivity contribution in [1.82, 2.24) is 19.4 Å². The number of benzene rings is 2. The summed E-state index contributed by atoms with van der Waals surface area (Å²) in [5.74, 6) is -1.31. The van der Waals surface area contributed by atoms with Gasteiger partial charge < -0.3 is 10.1 Å². The lowest BCUT2D eigenvalue weighted by molar-refractivity contribution is -0.121. The molecule has 0 unspecified atom stereocenters. The fourth-order valence-corrected chi connectivity index (χ4v) is 3.26. The number of halogens is 2. The Hall–Kier alpha value is -4.01. The third kappa shape index (κ3) is 4.02. The van der Waals surface area contributed by atoms with Gasteiger partial charge in [-0.15, -0.1) is 0 Å². The fraction of sp³-hybridized carbons (Fsp3) is 0.136. The molecule has 0 atom stereocenters. The van der Waals surface area contributed by atoms with Crippen LogP contribution >= 0.6 is 0 Å². The van der Waals surface area contributed by atoms with E-state index in [1.807, 2.05) is 0 Å². The molecule has 0 radical (unpaired) electrons.